The van der Waals surface area contributed by atoms with Crippen LogP contribution in [0.3, 0.4) is 0 Å². The number of carbonyl (C=O) groups is 1. The molecule has 0 radical (unpaired) electrons. The minimum absolute atomic E-state index is 0.0763. The number of benzene rings is 2. The Balaban J connectivity index is 1.66. The van der Waals surface area contributed by atoms with Gasteiger partial charge in [-0.05, 0) is 68.8 Å². The maximum Gasteiger partial charge on any atom is 0.234 e. The Hall–Kier alpha value is -2.45. The number of nitrogens with zero attached hydrogens (tertiary/aromatic N) is 3. The van der Waals surface area contributed by atoms with Gasteiger partial charge in [0.2, 0.25) is 5.91 Å². The molecule has 1 unspecified atom stereocenters. The number of carbonyl (C=O) groups excluding carboxylic acids is 1. The molecule has 1 heterocycles. The molecule has 0 fully saturated rings. The van der Waals surface area contributed by atoms with Gasteiger partial charge in [-0.2, -0.15) is 0 Å². The van der Waals surface area contributed by atoms with Crippen LogP contribution in [0.25, 0.3) is 0 Å². The van der Waals surface area contributed by atoms with E-state index in [1.807, 2.05) is 54.1 Å². The van der Waals surface area contributed by atoms with E-state index in [9.17, 15) is 4.79 Å². The van der Waals surface area contributed by atoms with Crippen molar-refractivity contribution >= 4 is 35.1 Å². The molecule has 2 aromatic carbocycles. The van der Waals surface area contributed by atoms with Gasteiger partial charge in [-0.15, -0.1) is 22.0 Å². The summed E-state index contributed by atoms with van der Waals surface area (Å²) >= 11 is 3.02. The van der Waals surface area contributed by atoms with Crippen LogP contribution >= 0.6 is 23.5 Å². The minimum atomic E-state index is -0.276. The van der Waals surface area contributed by atoms with E-state index >= 15 is 0 Å². The van der Waals surface area contributed by atoms with Crippen molar-refractivity contribution in [3.05, 3.63) is 59.9 Å². The van der Waals surface area contributed by atoms with Crippen molar-refractivity contribution in [1.29, 1.82) is 0 Å². The zero-order chi connectivity index (χ0) is 24.0. The van der Waals surface area contributed by atoms with E-state index in [0.717, 1.165) is 22.2 Å². The second-order valence-corrected chi connectivity index (χ2v) is 10.2. The van der Waals surface area contributed by atoms with E-state index in [4.69, 9.17) is 4.74 Å². The first kappa shape index (κ1) is 25.2. The van der Waals surface area contributed by atoms with E-state index in [1.165, 1.54) is 17.3 Å². The molecule has 1 amide bonds. The van der Waals surface area contributed by atoms with Crippen molar-refractivity contribution in [1.82, 2.24) is 14.8 Å². The highest BCUT2D eigenvalue weighted by atomic mass is 32.2. The number of hydrogen-bond donors (Lipinski definition) is 1. The Labute approximate surface area is 204 Å². The molecule has 1 aromatic heterocycles. The highest BCUT2D eigenvalue weighted by Crippen LogP contribution is 2.28. The quantitative estimate of drug-likeness (QED) is 0.328. The summed E-state index contributed by atoms with van der Waals surface area (Å²) in [7, 11) is 0. The molecule has 0 aliphatic heterocycles. The third-order valence-electron chi connectivity index (χ3n) is 5.12. The topological polar surface area (TPSA) is 69.0 Å². The number of nitrogens with one attached hydrogen (secondary N) is 1. The Morgan fingerprint density at radius 1 is 1.06 bits per heavy atom. The molecule has 0 aliphatic carbocycles. The van der Waals surface area contributed by atoms with Crippen LogP contribution in [-0.4, -0.2) is 32.7 Å². The van der Waals surface area contributed by atoms with Crippen molar-refractivity contribution in [2.24, 2.45) is 0 Å². The van der Waals surface area contributed by atoms with E-state index < -0.39 is 0 Å². The number of anilines is 1. The third-order valence-corrected chi connectivity index (χ3v) is 6.78. The second kappa shape index (κ2) is 11.6. The maximum absolute atomic E-state index is 12.5. The lowest BCUT2D eigenvalue weighted by molar-refractivity contribution is -0.113. The number of ether oxygens (including phenoxy) is 1. The van der Waals surface area contributed by atoms with Crippen molar-refractivity contribution in [2.45, 2.75) is 62.7 Å². The SMILES string of the molecule is CSc1cccc(NC(=O)CSc2nnc(C(C)Oc3ccc(C(C)C)cc3)n2C(C)C)c1. The highest BCUT2D eigenvalue weighted by Gasteiger charge is 2.22. The standard InChI is InChI=1S/C25H32N4O2S2/c1-16(2)19-10-12-21(13-11-19)31-18(5)24-27-28-25(29(24)17(3)4)33-15-23(30)26-20-8-7-9-22(14-20)32-6/h7-14,16-18H,15H2,1-6H3,(H,26,30). The summed E-state index contributed by atoms with van der Waals surface area (Å²) in [5.74, 6) is 2.19. The van der Waals surface area contributed by atoms with Gasteiger partial charge in [-0.1, -0.05) is 43.8 Å². The molecule has 1 N–H and O–H groups in total. The number of rotatable bonds is 10. The molecule has 8 heteroatoms. The van der Waals surface area contributed by atoms with Crippen LogP contribution in [0.5, 0.6) is 5.75 Å². The molecular formula is C25H32N4O2S2. The Bertz CT molecular complexity index is 1060. The summed E-state index contributed by atoms with van der Waals surface area (Å²) in [4.78, 5) is 13.6. The second-order valence-electron chi connectivity index (χ2n) is 8.36. The minimum Gasteiger partial charge on any atom is -0.483 e. The van der Waals surface area contributed by atoms with Gasteiger partial charge >= 0.3 is 0 Å². The fourth-order valence-corrected chi connectivity index (χ4v) is 4.70. The molecule has 0 saturated carbocycles. The zero-order valence-corrected chi connectivity index (χ0v) is 21.7. The summed E-state index contributed by atoms with van der Waals surface area (Å²) in [5.41, 5.74) is 2.07. The molecule has 0 aliphatic rings. The number of aromatic nitrogens is 3. The van der Waals surface area contributed by atoms with Gasteiger partial charge < -0.3 is 14.6 Å². The maximum atomic E-state index is 12.5. The molecule has 1 atom stereocenters. The number of amides is 1. The number of thioether (sulfide) groups is 2. The van der Waals surface area contributed by atoms with Crippen LogP contribution in [-0.2, 0) is 4.79 Å². The molecular weight excluding hydrogens is 452 g/mol. The predicted octanol–water partition coefficient (Wildman–Crippen LogP) is 6.58. The largest absolute Gasteiger partial charge is 0.483 e. The van der Waals surface area contributed by atoms with Gasteiger partial charge in [0.1, 0.15) is 5.75 Å². The molecule has 0 bridgehead atoms. The summed E-state index contributed by atoms with van der Waals surface area (Å²) in [6.45, 7) is 10.5. The fourth-order valence-electron chi connectivity index (χ4n) is 3.37. The highest BCUT2D eigenvalue weighted by molar-refractivity contribution is 7.99. The molecule has 33 heavy (non-hydrogen) atoms. The average Bonchev–Trinajstić information content (AvgIpc) is 3.23. The van der Waals surface area contributed by atoms with E-state index in [2.05, 4.69) is 55.3 Å². The number of hydrogen-bond acceptors (Lipinski definition) is 6. The zero-order valence-electron chi connectivity index (χ0n) is 20.0. The third kappa shape index (κ3) is 6.77. The van der Waals surface area contributed by atoms with Crippen LogP contribution in [0.4, 0.5) is 5.69 Å². The van der Waals surface area contributed by atoms with E-state index in [-0.39, 0.29) is 23.8 Å². The first-order chi connectivity index (χ1) is 15.8. The van der Waals surface area contributed by atoms with Crippen molar-refractivity contribution in [3.63, 3.8) is 0 Å². The van der Waals surface area contributed by atoms with Crippen molar-refractivity contribution in [2.75, 3.05) is 17.3 Å². The Kier molecular flexibility index (Phi) is 8.86. The van der Waals surface area contributed by atoms with Crippen molar-refractivity contribution in [3.8, 4) is 5.75 Å². The summed E-state index contributed by atoms with van der Waals surface area (Å²) in [5, 5.41) is 12.4. The van der Waals surface area contributed by atoms with Gasteiger partial charge in [-0.25, -0.2) is 0 Å². The Morgan fingerprint density at radius 3 is 2.42 bits per heavy atom. The van der Waals surface area contributed by atoms with Crippen LogP contribution in [0.2, 0.25) is 0 Å². The van der Waals surface area contributed by atoms with E-state index in [1.54, 1.807) is 11.8 Å². The van der Waals surface area contributed by atoms with Gasteiger partial charge in [0.15, 0.2) is 17.1 Å². The Morgan fingerprint density at radius 2 is 1.79 bits per heavy atom. The van der Waals surface area contributed by atoms with Gasteiger partial charge in [-0.3, -0.25) is 4.79 Å². The summed E-state index contributed by atoms with van der Waals surface area (Å²) in [6, 6.07) is 16.1. The lowest BCUT2D eigenvalue weighted by Gasteiger charge is -2.19. The predicted molar refractivity (Wildman–Crippen MR) is 138 cm³/mol. The lowest BCUT2D eigenvalue weighted by Crippen LogP contribution is -2.16. The van der Waals surface area contributed by atoms with Crippen LogP contribution in [0.1, 0.15) is 64.1 Å². The molecule has 3 rings (SSSR count). The molecule has 0 spiro atoms. The molecule has 0 saturated heterocycles. The van der Waals surface area contributed by atoms with Crippen molar-refractivity contribution < 1.29 is 9.53 Å². The first-order valence-electron chi connectivity index (χ1n) is 11.1. The van der Waals surface area contributed by atoms with Crippen LogP contribution < -0.4 is 10.1 Å². The summed E-state index contributed by atoms with van der Waals surface area (Å²) < 4.78 is 8.19. The first-order valence-corrected chi connectivity index (χ1v) is 13.3. The molecule has 3 aromatic rings. The summed E-state index contributed by atoms with van der Waals surface area (Å²) in [6.07, 6.45) is 1.74. The van der Waals surface area contributed by atoms with Gasteiger partial charge in [0, 0.05) is 16.6 Å². The van der Waals surface area contributed by atoms with Gasteiger partial charge in [0.05, 0.1) is 5.75 Å². The molecule has 176 valence electrons. The van der Waals surface area contributed by atoms with E-state index in [0.29, 0.717) is 11.1 Å². The monoisotopic (exact) mass is 484 g/mol. The average molecular weight is 485 g/mol. The normalized spacial score (nSPS) is 12.2. The molecule has 6 nitrogen and oxygen atoms in total. The lowest BCUT2D eigenvalue weighted by atomic mass is 10.0. The van der Waals surface area contributed by atoms with Crippen LogP contribution in [0.15, 0.2) is 58.6 Å². The van der Waals surface area contributed by atoms with Crippen LogP contribution in [0, 0.1) is 0 Å². The fraction of sp³-hybridized carbons (Fsp3) is 0.400. The smallest absolute Gasteiger partial charge is 0.234 e. The van der Waals surface area contributed by atoms with Gasteiger partial charge in [0.25, 0.3) is 0 Å².